The molecule has 0 aliphatic heterocycles. The Balaban J connectivity index is 1.86. The molecule has 1 aliphatic carbocycles. The summed E-state index contributed by atoms with van der Waals surface area (Å²) in [5.74, 6) is 1.07. The molecule has 2 atom stereocenters. The van der Waals surface area contributed by atoms with E-state index in [0.29, 0.717) is 11.8 Å². The van der Waals surface area contributed by atoms with Gasteiger partial charge in [-0.2, -0.15) is 5.10 Å². The highest BCUT2D eigenvalue weighted by molar-refractivity contribution is 5.35. The first-order valence-electron chi connectivity index (χ1n) is 7.45. The van der Waals surface area contributed by atoms with Crippen LogP contribution in [0.3, 0.4) is 0 Å². The van der Waals surface area contributed by atoms with Gasteiger partial charge in [-0.1, -0.05) is 38.1 Å². The molecule has 0 spiro atoms. The molecular formula is C17H23N3. The number of fused-ring (bicyclic) bond motifs is 1. The molecule has 3 heteroatoms. The normalized spacial score (nSPS) is 22.1. The van der Waals surface area contributed by atoms with E-state index in [1.54, 1.807) is 0 Å². The molecule has 2 unspecified atom stereocenters. The van der Waals surface area contributed by atoms with E-state index in [0.717, 1.165) is 24.2 Å². The SMILES string of the molecule is Cc1[nH]nc2c1C(N)CC(c1ccc(C(C)C)cc1)C2. The fraction of sp³-hybridized carbons (Fsp3) is 0.471. The number of nitrogens with zero attached hydrogens (tertiary/aromatic N) is 1. The summed E-state index contributed by atoms with van der Waals surface area (Å²) in [5.41, 5.74) is 12.6. The van der Waals surface area contributed by atoms with Crippen molar-refractivity contribution < 1.29 is 0 Å². The number of nitrogens with one attached hydrogen (secondary N) is 1. The Bertz CT molecular complexity index is 595. The van der Waals surface area contributed by atoms with Crippen molar-refractivity contribution in [3.8, 4) is 0 Å². The van der Waals surface area contributed by atoms with Crippen LogP contribution in [0.4, 0.5) is 0 Å². The van der Waals surface area contributed by atoms with Crippen LogP contribution in [0.1, 0.15) is 66.2 Å². The zero-order chi connectivity index (χ0) is 14.3. The number of nitrogens with two attached hydrogens (primary N) is 1. The lowest BCUT2D eigenvalue weighted by atomic mass is 9.79. The number of aromatic nitrogens is 2. The molecule has 0 fully saturated rings. The maximum atomic E-state index is 6.34. The number of H-pyrrole nitrogens is 1. The van der Waals surface area contributed by atoms with Crippen molar-refractivity contribution in [3.63, 3.8) is 0 Å². The van der Waals surface area contributed by atoms with Gasteiger partial charge >= 0.3 is 0 Å². The summed E-state index contributed by atoms with van der Waals surface area (Å²) in [5, 5.41) is 7.50. The van der Waals surface area contributed by atoms with Crippen LogP contribution in [-0.4, -0.2) is 10.2 Å². The Hall–Kier alpha value is -1.61. The van der Waals surface area contributed by atoms with Gasteiger partial charge in [0.2, 0.25) is 0 Å². The maximum Gasteiger partial charge on any atom is 0.0678 e. The molecule has 1 aromatic heterocycles. The second-order valence-electron chi connectivity index (χ2n) is 6.27. The topological polar surface area (TPSA) is 54.7 Å². The van der Waals surface area contributed by atoms with Crippen LogP contribution >= 0.6 is 0 Å². The van der Waals surface area contributed by atoms with Crippen LogP contribution in [0.25, 0.3) is 0 Å². The molecule has 0 saturated heterocycles. The van der Waals surface area contributed by atoms with Crippen LogP contribution in [0.5, 0.6) is 0 Å². The van der Waals surface area contributed by atoms with E-state index in [4.69, 9.17) is 5.73 Å². The van der Waals surface area contributed by atoms with Gasteiger partial charge < -0.3 is 5.73 Å². The maximum absolute atomic E-state index is 6.34. The van der Waals surface area contributed by atoms with Gasteiger partial charge in [0.05, 0.1) is 5.69 Å². The number of hydrogen-bond acceptors (Lipinski definition) is 2. The van der Waals surface area contributed by atoms with Crippen molar-refractivity contribution in [3.05, 3.63) is 52.3 Å². The Morgan fingerprint density at radius 2 is 1.95 bits per heavy atom. The second kappa shape index (κ2) is 5.06. The number of benzene rings is 1. The summed E-state index contributed by atoms with van der Waals surface area (Å²) < 4.78 is 0. The molecule has 0 amide bonds. The molecule has 0 saturated carbocycles. The van der Waals surface area contributed by atoms with Gasteiger partial charge in [0.1, 0.15) is 0 Å². The predicted molar refractivity (Wildman–Crippen MR) is 81.8 cm³/mol. The lowest BCUT2D eigenvalue weighted by Gasteiger charge is -2.27. The molecule has 0 radical (unpaired) electrons. The molecule has 0 bridgehead atoms. The van der Waals surface area contributed by atoms with E-state index in [9.17, 15) is 0 Å². The van der Waals surface area contributed by atoms with Crippen molar-refractivity contribution >= 4 is 0 Å². The fourth-order valence-corrected chi connectivity index (χ4v) is 3.28. The van der Waals surface area contributed by atoms with Gasteiger partial charge in [0, 0.05) is 17.3 Å². The van der Waals surface area contributed by atoms with Crippen molar-refractivity contribution in [2.45, 2.75) is 51.5 Å². The standard InChI is InChI=1S/C17H23N3/c1-10(2)12-4-6-13(7-5-12)14-8-15(18)17-11(3)19-20-16(17)9-14/h4-7,10,14-15H,8-9,18H2,1-3H3,(H,19,20). The number of rotatable bonds is 2. The Morgan fingerprint density at radius 1 is 1.25 bits per heavy atom. The van der Waals surface area contributed by atoms with Crippen molar-refractivity contribution in [1.29, 1.82) is 0 Å². The van der Waals surface area contributed by atoms with Crippen LogP contribution < -0.4 is 5.73 Å². The molecule has 1 aromatic carbocycles. The monoisotopic (exact) mass is 269 g/mol. The highest BCUT2D eigenvalue weighted by Gasteiger charge is 2.29. The number of aryl methyl sites for hydroxylation is 1. The quantitative estimate of drug-likeness (QED) is 0.875. The van der Waals surface area contributed by atoms with E-state index in [2.05, 4.69) is 55.2 Å². The van der Waals surface area contributed by atoms with Gasteiger partial charge in [-0.25, -0.2) is 0 Å². The third kappa shape index (κ3) is 2.27. The molecule has 1 heterocycles. The van der Waals surface area contributed by atoms with E-state index in [1.165, 1.54) is 16.7 Å². The fourth-order valence-electron chi connectivity index (χ4n) is 3.28. The van der Waals surface area contributed by atoms with E-state index >= 15 is 0 Å². The predicted octanol–water partition coefficient (Wildman–Crippen LogP) is 3.57. The summed E-state index contributed by atoms with van der Waals surface area (Å²) in [7, 11) is 0. The smallest absolute Gasteiger partial charge is 0.0678 e. The molecule has 20 heavy (non-hydrogen) atoms. The van der Waals surface area contributed by atoms with E-state index < -0.39 is 0 Å². The van der Waals surface area contributed by atoms with E-state index in [-0.39, 0.29) is 6.04 Å². The third-order valence-electron chi connectivity index (χ3n) is 4.50. The van der Waals surface area contributed by atoms with Gasteiger partial charge in [0.15, 0.2) is 0 Å². The van der Waals surface area contributed by atoms with Crippen molar-refractivity contribution in [2.24, 2.45) is 5.73 Å². The molecule has 3 N–H and O–H groups in total. The third-order valence-corrected chi connectivity index (χ3v) is 4.50. The molecule has 3 rings (SSSR count). The van der Waals surface area contributed by atoms with Gasteiger partial charge in [-0.15, -0.1) is 0 Å². The minimum absolute atomic E-state index is 0.104. The highest BCUT2D eigenvalue weighted by atomic mass is 15.1. The van der Waals surface area contributed by atoms with Crippen molar-refractivity contribution in [2.75, 3.05) is 0 Å². The summed E-state index contributed by atoms with van der Waals surface area (Å²) in [6, 6.07) is 9.12. The average Bonchev–Trinajstić information content (AvgIpc) is 2.81. The Morgan fingerprint density at radius 3 is 2.60 bits per heavy atom. The Labute approximate surface area is 120 Å². The first-order valence-corrected chi connectivity index (χ1v) is 7.45. The van der Waals surface area contributed by atoms with Crippen LogP contribution in [-0.2, 0) is 6.42 Å². The zero-order valence-electron chi connectivity index (χ0n) is 12.5. The van der Waals surface area contributed by atoms with Gasteiger partial charge in [-0.05, 0) is 42.7 Å². The van der Waals surface area contributed by atoms with E-state index in [1.807, 2.05) is 0 Å². The largest absolute Gasteiger partial charge is 0.324 e. The minimum atomic E-state index is 0.104. The van der Waals surface area contributed by atoms with Gasteiger partial charge in [-0.3, -0.25) is 5.10 Å². The molecule has 2 aromatic rings. The second-order valence-corrected chi connectivity index (χ2v) is 6.27. The zero-order valence-corrected chi connectivity index (χ0v) is 12.5. The summed E-state index contributed by atoms with van der Waals surface area (Å²) in [4.78, 5) is 0. The Kier molecular flexibility index (Phi) is 3.38. The summed E-state index contributed by atoms with van der Waals surface area (Å²) in [6.45, 7) is 6.51. The molecule has 3 nitrogen and oxygen atoms in total. The summed E-state index contributed by atoms with van der Waals surface area (Å²) >= 11 is 0. The first kappa shape index (κ1) is 13.4. The summed E-state index contributed by atoms with van der Waals surface area (Å²) in [6.07, 6.45) is 2.00. The lowest BCUT2D eigenvalue weighted by Crippen LogP contribution is -2.23. The van der Waals surface area contributed by atoms with Crippen LogP contribution in [0, 0.1) is 6.92 Å². The van der Waals surface area contributed by atoms with Gasteiger partial charge in [0.25, 0.3) is 0 Å². The molecule has 106 valence electrons. The van der Waals surface area contributed by atoms with Crippen LogP contribution in [0.2, 0.25) is 0 Å². The molecule has 1 aliphatic rings. The average molecular weight is 269 g/mol. The molecular weight excluding hydrogens is 246 g/mol. The number of hydrogen-bond donors (Lipinski definition) is 2. The van der Waals surface area contributed by atoms with Crippen molar-refractivity contribution in [1.82, 2.24) is 10.2 Å². The van der Waals surface area contributed by atoms with Crippen LogP contribution in [0.15, 0.2) is 24.3 Å². The first-order chi connectivity index (χ1) is 9.56. The highest BCUT2D eigenvalue weighted by Crippen LogP contribution is 2.38. The number of aromatic amines is 1. The minimum Gasteiger partial charge on any atom is -0.324 e. The lowest BCUT2D eigenvalue weighted by molar-refractivity contribution is 0.498.